The van der Waals surface area contributed by atoms with Crippen LogP contribution in [0.3, 0.4) is 0 Å². The number of nitrogens with one attached hydrogen (secondary N) is 1. The van der Waals surface area contributed by atoms with Crippen molar-refractivity contribution in [1.82, 2.24) is 4.90 Å². The molecule has 2 rings (SSSR count). The molecule has 0 aromatic heterocycles. The van der Waals surface area contributed by atoms with Crippen LogP contribution in [0.2, 0.25) is 0 Å². The van der Waals surface area contributed by atoms with Crippen LogP contribution < -0.4 is 0 Å². The second-order valence-corrected chi connectivity index (χ2v) is 4.85. The average molecular weight is 403 g/mol. The van der Waals surface area contributed by atoms with Gasteiger partial charge in [0.2, 0.25) is 5.91 Å². The third-order valence-corrected chi connectivity index (χ3v) is 3.73. The predicted molar refractivity (Wildman–Crippen MR) is 64.7 cm³/mol. The third kappa shape index (κ3) is 2.28. The van der Waals surface area contributed by atoms with Crippen molar-refractivity contribution in [2.75, 3.05) is 6.54 Å². The van der Waals surface area contributed by atoms with E-state index in [0.717, 1.165) is 30.5 Å². The van der Waals surface area contributed by atoms with Crippen LogP contribution in [0.4, 0.5) is 0 Å². The minimum absolute atomic E-state index is 0. The van der Waals surface area contributed by atoms with E-state index in [-0.39, 0.29) is 32.9 Å². The van der Waals surface area contributed by atoms with Crippen LogP contribution in [0.1, 0.15) is 33.1 Å². The maximum atomic E-state index is 11.9. The van der Waals surface area contributed by atoms with E-state index in [1.165, 1.54) is 5.57 Å². The maximum Gasteiger partial charge on any atom is 0.236 e. The summed E-state index contributed by atoms with van der Waals surface area (Å²) in [5, 5.41) is 0. The van der Waals surface area contributed by atoms with Crippen molar-refractivity contribution in [2.24, 2.45) is 5.92 Å². The number of hydrogen-bond acceptors (Lipinski definition) is 1. The number of carbonyl (C=O) groups is 1. The van der Waals surface area contributed by atoms with Gasteiger partial charge in [0.1, 0.15) is 0 Å². The van der Waals surface area contributed by atoms with Crippen LogP contribution in [-0.4, -0.2) is 23.4 Å². The molecule has 0 bridgehead atoms. The second-order valence-electron chi connectivity index (χ2n) is 4.85. The van der Waals surface area contributed by atoms with E-state index in [2.05, 4.69) is 6.58 Å². The van der Waals surface area contributed by atoms with Crippen molar-refractivity contribution in [3.63, 3.8) is 0 Å². The molecule has 17 heavy (non-hydrogen) atoms. The molecular weight excluding hydrogens is 384 g/mol. The molecule has 0 saturated carbocycles. The van der Waals surface area contributed by atoms with Crippen molar-refractivity contribution in [2.45, 2.75) is 39.2 Å². The van der Waals surface area contributed by atoms with E-state index in [1.807, 2.05) is 18.7 Å². The van der Waals surface area contributed by atoms with E-state index in [4.69, 9.17) is 5.73 Å². The molecule has 2 aliphatic rings. The molecule has 0 radical (unpaired) electrons. The summed E-state index contributed by atoms with van der Waals surface area (Å²) in [7, 11) is 0. The fourth-order valence-corrected chi connectivity index (χ4v) is 2.86. The predicted octanol–water partition coefficient (Wildman–Crippen LogP) is 2.90. The molecule has 0 aliphatic carbocycles. The summed E-state index contributed by atoms with van der Waals surface area (Å²) in [4.78, 5) is 13.8. The van der Waals surface area contributed by atoms with Gasteiger partial charge >= 0.3 is 0 Å². The molecule has 1 fully saturated rings. The standard InChI is InChI=1S/C13H19N2O.W/c1-8(2)12-11-7-10(5-4-6-14)9(3)15(11)13(12)16;/h11-12,14H,1,4-7H2,2-3H3;/q-1;/t11-,12-;/m1./s1. The monoisotopic (exact) mass is 403 g/mol. The number of carbonyl (C=O) groups excluding carboxylic acids is 1. The summed E-state index contributed by atoms with van der Waals surface area (Å²) in [6.07, 6.45) is 2.87. The zero-order valence-electron chi connectivity index (χ0n) is 10.5. The Bertz CT molecular complexity index is 376. The van der Waals surface area contributed by atoms with Gasteiger partial charge in [-0.15, -0.1) is 0 Å². The molecule has 3 nitrogen and oxygen atoms in total. The van der Waals surface area contributed by atoms with Gasteiger partial charge < -0.3 is 10.6 Å². The SMILES string of the molecule is C=C(C)[C@H]1C(=O)N2C(C)=C(CCC[NH-])C[C@H]12.[W]. The first-order valence-electron chi connectivity index (χ1n) is 5.89. The first kappa shape index (κ1) is 14.7. The van der Waals surface area contributed by atoms with Crippen molar-refractivity contribution >= 4 is 5.91 Å². The Labute approximate surface area is 117 Å². The van der Waals surface area contributed by atoms with Gasteiger partial charge in [0.25, 0.3) is 0 Å². The molecule has 94 valence electrons. The zero-order chi connectivity index (χ0) is 11.9. The minimum atomic E-state index is 0. The summed E-state index contributed by atoms with van der Waals surface area (Å²) >= 11 is 0. The van der Waals surface area contributed by atoms with Gasteiger partial charge in [0, 0.05) is 26.8 Å². The summed E-state index contributed by atoms with van der Waals surface area (Å²) in [5.41, 5.74) is 10.7. The summed E-state index contributed by atoms with van der Waals surface area (Å²) in [6.45, 7) is 8.35. The van der Waals surface area contributed by atoms with Gasteiger partial charge in [-0.25, -0.2) is 0 Å². The molecule has 1 amide bonds. The fourth-order valence-electron chi connectivity index (χ4n) is 2.86. The largest absolute Gasteiger partial charge is 0.677 e. The normalized spacial score (nSPS) is 26.5. The van der Waals surface area contributed by atoms with Gasteiger partial charge in [0.05, 0.1) is 12.0 Å². The molecule has 0 aromatic carbocycles. The van der Waals surface area contributed by atoms with Gasteiger partial charge in [-0.3, -0.25) is 4.79 Å². The number of hydrogen-bond donors (Lipinski definition) is 0. The molecular formula is C13H19N2OW-. The Morgan fingerprint density at radius 1 is 1.59 bits per heavy atom. The van der Waals surface area contributed by atoms with Gasteiger partial charge in [-0.05, 0) is 32.3 Å². The smallest absolute Gasteiger partial charge is 0.236 e. The Kier molecular flexibility index (Phi) is 4.74. The molecule has 0 spiro atoms. The number of rotatable bonds is 4. The van der Waals surface area contributed by atoms with Crippen LogP contribution in [0.15, 0.2) is 23.4 Å². The van der Waals surface area contributed by atoms with E-state index >= 15 is 0 Å². The van der Waals surface area contributed by atoms with Gasteiger partial charge in [-0.1, -0.05) is 18.6 Å². The number of allylic oxidation sites excluding steroid dienone is 1. The molecule has 2 atom stereocenters. The summed E-state index contributed by atoms with van der Waals surface area (Å²) in [5.74, 6) is 0.263. The van der Waals surface area contributed by atoms with Gasteiger partial charge in [-0.2, -0.15) is 6.54 Å². The van der Waals surface area contributed by atoms with Crippen molar-refractivity contribution in [3.05, 3.63) is 29.2 Å². The van der Waals surface area contributed by atoms with Crippen LogP contribution in [0.25, 0.3) is 5.73 Å². The Morgan fingerprint density at radius 2 is 2.24 bits per heavy atom. The zero-order valence-corrected chi connectivity index (χ0v) is 13.4. The minimum Gasteiger partial charge on any atom is -0.677 e. The topological polar surface area (TPSA) is 44.1 Å². The second kappa shape index (κ2) is 5.49. The molecule has 1 saturated heterocycles. The first-order chi connectivity index (χ1) is 7.57. The van der Waals surface area contributed by atoms with E-state index in [0.29, 0.717) is 12.6 Å². The quantitative estimate of drug-likeness (QED) is 0.526. The average Bonchev–Trinajstić information content (AvgIpc) is 2.47. The van der Waals surface area contributed by atoms with Crippen molar-refractivity contribution < 1.29 is 25.9 Å². The Hall–Kier alpha value is -0.402. The van der Waals surface area contributed by atoms with E-state index in [9.17, 15) is 4.79 Å². The Morgan fingerprint density at radius 3 is 2.76 bits per heavy atom. The van der Waals surface area contributed by atoms with Crippen LogP contribution in [-0.2, 0) is 25.9 Å². The molecule has 1 N–H and O–H groups in total. The van der Waals surface area contributed by atoms with E-state index in [1.54, 1.807) is 0 Å². The molecule has 2 aliphatic heterocycles. The summed E-state index contributed by atoms with van der Waals surface area (Å²) < 4.78 is 0. The fraction of sp³-hybridized carbons (Fsp3) is 0.615. The first-order valence-corrected chi connectivity index (χ1v) is 5.89. The van der Waals surface area contributed by atoms with Gasteiger partial charge in [0.15, 0.2) is 0 Å². The number of β-lactam (4-membered cyclic amide) rings is 1. The van der Waals surface area contributed by atoms with E-state index < -0.39 is 0 Å². The van der Waals surface area contributed by atoms with Crippen LogP contribution in [0, 0.1) is 5.92 Å². The summed E-state index contributed by atoms with van der Waals surface area (Å²) in [6, 6.07) is 0.339. The van der Waals surface area contributed by atoms with Crippen LogP contribution >= 0.6 is 0 Å². The van der Waals surface area contributed by atoms with Crippen molar-refractivity contribution in [3.8, 4) is 0 Å². The number of nitrogens with zero attached hydrogens (tertiary/aromatic N) is 1. The third-order valence-electron chi connectivity index (χ3n) is 3.73. The number of fused-ring (bicyclic) bond motifs is 1. The number of amides is 1. The Balaban J connectivity index is 0.00000144. The molecule has 4 heteroatoms. The molecule has 0 unspecified atom stereocenters. The maximum absolute atomic E-state index is 11.9. The van der Waals surface area contributed by atoms with Crippen molar-refractivity contribution in [1.29, 1.82) is 0 Å². The molecule has 2 heterocycles. The molecule has 0 aromatic rings. The van der Waals surface area contributed by atoms with Crippen LogP contribution in [0.5, 0.6) is 0 Å².